The fourth-order valence-electron chi connectivity index (χ4n) is 2.96. The number of fused-ring (bicyclic) bond motifs is 3. The summed E-state index contributed by atoms with van der Waals surface area (Å²) in [6, 6.07) is 18.1. The molecule has 4 rings (SSSR count). The Kier molecular flexibility index (Phi) is 2.34. The van der Waals surface area contributed by atoms with Gasteiger partial charge >= 0.3 is 0 Å². The van der Waals surface area contributed by atoms with Gasteiger partial charge in [-0.25, -0.2) is 4.36 Å². The summed E-state index contributed by atoms with van der Waals surface area (Å²) in [5.41, 5.74) is 2.26. The molecule has 3 heteroatoms. The van der Waals surface area contributed by atoms with Crippen LogP contribution in [0.5, 0.6) is 0 Å². The molecule has 1 fully saturated rings. The van der Waals surface area contributed by atoms with E-state index in [1.54, 1.807) is 0 Å². The minimum atomic E-state index is -2.13. The second-order valence-electron chi connectivity index (χ2n) is 5.07. The van der Waals surface area contributed by atoms with E-state index in [-0.39, 0.29) is 0 Å². The molecule has 0 bridgehead atoms. The van der Waals surface area contributed by atoms with Crippen molar-refractivity contribution in [3.63, 3.8) is 0 Å². The van der Waals surface area contributed by atoms with Crippen LogP contribution in [0.2, 0.25) is 0 Å². The summed E-state index contributed by atoms with van der Waals surface area (Å²) in [6.07, 6.45) is 2.15. The van der Waals surface area contributed by atoms with Crippen LogP contribution < -0.4 is 0 Å². The van der Waals surface area contributed by atoms with Gasteiger partial charge in [-0.1, -0.05) is 36.4 Å². The third-order valence-electron chi connectivity index (χ3n) is 4.05. The highest BCUT2D eigenvalue weighted by Crippen LogP contribution is 2.45. The molecule has 19 heavy (non-hydrogen) atoms. The van der Waals surface area contributed by atoms with Crippen molar-refractivity contribution in [3.05, 3.63) is 60.2 Å². The minimum Gasteiger partial charge on any atom is -0.324 e. The van der Waals surface area contributed by atoms with E-state index in [9.17, 15) is 4.55 Å². The molecular formula is C16H15NOS. The molecule has 96 valence electrons. The van der Waals surface area contributed by atoms with Gasteiger partial charge in [-0.05, 0) is 36.6 Å². The Hall–Kier alpha value is -1.58. The Bertz CT molecular complexity index is 770. The van der Waals surface area contributed by atoms with Crippen molar-refractivity contribution in [1.82, 2.24) is 0 Å². The molecule has 1 heterocycles. The van der Waals surface area contributed by atoms with E-state index in [1.165, 1.54) is 10.4 Å². The summed E-state index contributed by atoms with van der Waals surface area (Å²) in [5, 5.41) is 0. The van der Waals surface area contributed by atoms with E-state index in [4.69, 9.17) is 4.36 Å². The summed E-state index contributed by atoms with van der Waals surface area (Å²) in [5.74, 6) is 0.411. The van der Waals surface area contributed by atoms with Crippen molar-refractivity contribution in [1.29, 1.82) is 0 Å². The molecular weight excluding hydrogens is 254 g/mol. The average molecular weight is 269 g/mol. The van der Waals surface area contributed by atoms with E-state index < -0.39 is 9.69 Å². The molecule has 1 saturated carbocycles. The molecule has 1 aliphatic heterocycles. The van der Waals surface area contributed by atoms with E-state index in [0.717, 1.165) is 23.4 Å². The van der Waals surface area contributed by atoms with Gasteiger partial charge in [0, 0.05) is 25.4 Å². The topological polar surface area (TPSA) is 32.6 Å². The monoisotopic (exact) mass is 269 g/mol. The van der Waals surface area contributed by atoms with E-state index in [0.29, 0.717) is 5.92 Å². The van der Waals surface area contributed by atoms with E-state index >= 15 is 0 Å². The molecule has 0 radical (unpaired) electrons. The van der Waals surface area contributed by atoms with Crippen LogP contribution in [0.25, 0.3) is 0 Å². The van der Waals surface area contributed by atoms with Crippen LogP contribution in [-0.4, -0.2) is 9.42 Å². The fourth-order valence-corrected chi connectivity index (χ4v) is 5.51. The zero-order valence-electron chi connectivity index (χ0n) is 10.5. The summed E-state index contributed by atoms with van der Waals surface area (Å²) in [6.45, 7) is 0. The first kappa shape index (κ1) is 11.3. The predicted molar refractivity (Wildman–Crippen MR) is 80.2 cm³/mol. The normalized spacial score (nSPS) is 27.8. The van der Waals surface area contributed by atoms with Gasteiger partial charge in [0.05, 0.1) is 5.69 Å². The van der Waals surface area contributed by atoms with Crippen molar-refractivity contribution in [3.8, 4) is 0 Å². The molecule has 0 amide bonds. The highest BCUT2D eigenvalue weighted by molar-refractivity contribution is 7.99. The Balaban J connectivity index is 2.06. The number of benzene rings is 2. The maximum absolute atomic E-state index is 11.2. The lowest BCUT2D eigenvalue weighted by Gasteiger charge is -2.37. The van der Waals surface area contributed by atoms with Gasteiger partial charge in [-0.2, -0.15) is 0 Å². The van der Waals surface area contributed by atoms with Crippen LogP contribution in [0.1, 0.15) is 24.3 Å². The highest BCUT2D eigenvalue weighted by Gasteiger charge is 2.35. The minimum absolute atomic E-state index is 0.411. The summed E-state index contributed by atoms with van der Waals surface area (Å²) in [4.78, 5) is 2.20. The average Bonchev–Trinajstić information content (AvgIpc) is 2.40. The third kappa shape index (κ3) is 1.52. The Morgan fingerprint density at radius 2 is 1.74 bits per heavy atom. The molecule has 1 N–H and O–H groups in total. The molecule has 0 aromatic heterocycles. The molecule has 2 nitrogen and oxygen atoms in total. The number of hydrogen-bond donors (Lipinski definition) is 1. The van der Waals surface area contributed by atoms with Crippen molar-refractivity contribution in [2.75, 3.05) is 0 Å². The number of hydrogen-bond acceptors (Lipinski definition) is 1. The number of rotatable bonds is 1. The Labute approximate surface area is 113 Å². The van der Waals surface area contributed by atoms with Crippen LogP contribution in [0.3, 0.4) is 0 Å². The molecule has 1 aliphatic carbocycles. The quantitative estimate of drug-likeness (QED) is 0.771. The second-order valence-corrected chi connectivity index (χ2v) is 7.35. The van der Waals surface area contributed by atoms with E-state index in [2.05, 4.69) is 12.1 Å². The molecule has 0 saturated heterocycles. The van der Waals surface area contributed by atoms with E-state index in [1.807, 2.05) is 42.5 Å². The van der Waals surface area contributed by atoms with Crippen LogP contribution in [0.4, 0.5) is 5.69 Å². The van der Waals surface area contributed by atoms with Gasteiger partial charge in [0.15, 0.2) is 0 Å². The van der Waals surface area contributed by atoms with Crippen LogP contribution >= 0.6 is 0 Å². The molecule has 2 atom stereocenters. The maximum atomic E-state index is 11.2. The molecule has 1 unspecified atom stereocenters. The first-order valence-corrected chi connectivity index (χ1v) is 8.12. The Morgan fingerprint density at radius 1 is 1.00 bits per heavy atom. The largest absolute Gasteiger partial charge is 0.324 e. The zero-order chi connectivity index (χ0) is 12.9. The summed E-state index contributed by atoms with van der Waals surface area (Å²) < 4.78 is 15.9. The SMILES string of the molecule is OS1(c2ccccc2)=Nc2ccccc2[C@@H]2CCC=12. The lowest BCUT2D eigenvalue weighted by Crippen LogP contribution is -2.32. The lowest BCUT2D eigenvalue weighted by molar-refractivity contribution is 0.630. The summed E-state index contributed by atoms with van der Waals surface area (Å²) in [7, 11) is -2.13. The van der Waals surface area contributed by atoms with Gasteiger partial charge in [0.1, 0.15) is 0 Å². The smallest absolute Gasteiger partial charge is 0.0763 e. The fraction of sp³-hybridized carbons (Fsp3) is 0.188. The molecule has 2 aliphatic rings. The Morgan fingerprint density at radius 3 is 2.47 bits per heavy atom. The van der Waals surface area contributed by atoms with Crippen molar-refractivity contribution >= 4 is 20.2 Å². The van der Waals surface area contributed by atoms with Crippen LogP contribution in [0, 0.1) is 0 Å². The third-order valence-corrected chi connectivity index (χ3v) is 6.66. The van der Waals surface area contributed by atoms with Gasteiger partial charge < -0.3 is 4.55 Å². The summed E-state index contributed by atoms with van der Waals surface area (Å²) >= 11 is 0. The van der Waals surface area contributed by atoms with Crippen molar-refractivity contribution in [2.45, 2.75) is 23.7 Å². The molecule has 2 aromatic rings. The first-order chi connectivity index (χ1) is 9.29. The van der Waals surface area contributed by atoms with Gasteiger partial charge in [-0.3, -0.25) is 0 Å². The zero-order valence-corrected chi connectivity index (χ0v) is 11.3. The maximum Gasteiger partial charge on any atom is 0.0763 e. The van der Waals surface area contributed by atoms with Gasteiger partial charge in [0.2, 0.25) is 0 Å². The lowest BCUT2D eigenvalue weighted by atomic mass is 9.79. The van der Waals surface area contributed by atoms with Gasteiger partial charge in [0.25, 0.3) is 0 Å². The molecule has 2 aromatic carbocycles. The number of nitrogens with zero attached hydrogens (tertiary/aromatic N) is 1. The first-order valence-electron chi connectivity index (χ1n) is 6.57. The molecule has 0 spiro atoms. The highest BCUT2D eigenvalue weighted by atomic mass is 32.2. The van der Waals surface area contributed by atoms with Crippen LogP contribution in [-0.2, 0) is 9.69 Å². The standard InChI is InChI=1S/C16H15NOS/c18-19(12-6-2-1-3-7-12)16-11-10-14(16)13-8-4-5-9-15(13)17-19/h1-9,14H,10-11H2,(H,17,18)/t14-,19?/m0/s1. The van der Waals surface area contributed by atoms with Crippen LogP contribution in [0.15, 0.2) is 63.9 Å². The predicted octanol–water partition coefficient (Wildman–Crippen LogP) is 4.25. The second kappa shape index (κ2) is 3.95. The van der Waals surface area contributed by atoms with Crippen molar-refractivity contribution < 1.29 is 4.55 Å². The van der Waals surface area contributed by atoms with Crippen molar-refractivity contribution in [2.24, 2.45) is 4.36 Å². The van der Waals surface area contributed by atoms with Gasteiger partial charge in [-0.15, -0.1) is 0 Å².